The molecule has 0 atom stereocenters. The van der Waals surface area contributed by atoms with E-state index in [1.165, 1.54) is 21.2 Å². The lowest BCUT2D eigenvalue weighted by molar-refractivity contribution is 0.939. The maximum atomic E-state index is 8.48. The molecule has 5 heteroatoms. The fourth-order valence-corrected chi connectivity index (χ4v) is 9.61. The molecule has 4 rings (SSSR count). The summed E-state index contributed by atoms with van der Waals surface area (Å²) in [6, 6.07) is 43.4. The topological polar surface area (TPSA) is 48.6 Å². The number of hydrogen-bond donors (Lipinski definition) is 1. The third-order valence-electron chi connectivity index (χ3n) is 7.62. The lowest BCUT2D eigenvalue weighted by Crippen LogP contribution is -2.14. The summed E-state index contributed by atoms with van der Waals surface area (Å²) in [4.78, 5) is 9.61. The molecule has 0 saturated heterocycles. The van der Waals surface area contributed by atoms with Gasteiger partial charge in [0.15, 0.2) is 0 Å². The maximum absolute atomic E-state index is 8.48. The van der Waals surface area contributed by atoms with Crippen LogP contribution in [-0.4, -0.2) is 42.5 Å². The van der Waals surface area contributed by atoms with Crippen LogP contribution in [0.2, 0.25) is 0 Å². The molecule has 0 aliphatic rings. The number of aliphatic imine (C=N–C) groups is 2. The molecular weight excluding hydrogens is 584 g/mol. The summed E-state index contributed by atoms with van der Waals surface area (Å²) < 4.78 is 0. The lowest BCUT2D eigenvalue weighted by atomic mass is 10.1. The first-order chi connectivity index (χ1) is 22.0. The Morgan fingerprint density at radius 3 is 1.29 bits per heavy atom. The van der Waals surface area contributed by atoms with E-state index < -0.39 is 7.92 Å². The highest BCUT2D eigenvalue weighted by Crippen LogP contribution is 2.35. The van der Waals surface area contributed by atoms with Gasteiger partial charge in [-0.15, -0.1) is 0 Å². The molecular formula is C40H45N3P2. The Morgan fingerprint density at radius 2 is 0.911 bits per heavy atom. The van der Waals surface area contributed by atoms with Crippen LogP contribution in [0.4, 0.5) is 0 Å². The summed E-state index contributed by atoms with van der Waals surface area (Å²) >= 11 is 0. The van der Waals surface area contributed by atoms with E-state index in [1.54, 1.807) is 0 Å². The lowest BCUT2D eigenvalue weighted by Gasteiger charge is -2.18. The summed E-state index contributed by atoms with van der Waals surface area (Å²) in [5, 5.41) is 14.1. The van der Waals surface area contributed by atoms with Gasteiger partial charge in [0.1, 0.15) is 0 Å². The minimum absolute atomic E-state index is 0.380. The molecule has 0 amide bonds. The van der Waals surface area contributed by atoms with E-state index in [4.69, 9.17) is 15.4 Å². The molecule has 1 N–H and O–H groups in total. The Balaban J connectivity index is 1.25. The summed E-state index contributed by atoms with van der Waals surface area (Å²) in [6.07, 6.45) is 10.1. The number of nitrogens with zero attached hydrogens (tertiary/aromatic N) is 2. The summed E-state index contributed by atoms with van der Waals surface area (Å²) in [5.41, 5.74) is 3.41. The van der Waals surface area contributed by atoms with Crippen LogP contribution in [0, 0.1) is 5.41 Å². The van der Waals surface area contributed by atoms with E-state index in [0.29, 0.717) is 5.71 Å². The highest BCUT2D eigenvalue weighted by molar-refractivity contribution is 7.73. The summed E-state index contributed by atoms with van der Waals surface area (Å²) in [6.45, 7) is 7.66. The van der Waals surface area contributed by atoms with Crippen LogP contribution in [-0.2, 0) is 0 Å². The Morgan fingerprint density at radius 1 is 0.556 bits per heavy atom. The zero-order chi connectivity index (χ0) is 31.7. The van der Waals surface area contributed by atoms with Gasteiger partial charge in [-0.25, -0.2) is 0 Å². The first kappa shape index (κ1) is 34.1. The van der Waals surface area contributed by atoms with Gasteiger partial charge in [0, 0.05) is 18.8 Å². The molecule has 0 heterocycles. The zero-order valence-corrected chi connectivity index (χ0v) is 28.6. The number of benzene rings is 4. The van der Waals surface area contributed by atoms with Gasteiger partial charge in [0.05, 0.1) is 11.4 Å². The Kier molecular flexibility index (Phi) is 14.3. The SMILES string of the molecule is CC(=C\C=C/C(=N)/C(C)=N/CCCP(c1ccccc1)c1ccccc1)/C(C)=N/CCCP(c1ccccc1)c1ccccc1. The zero-order valence-electron chi connectivity index (χ0n) is 26.8. The van der Waals surface area contributed by atoms with Crippen LogP contribution < -0.4 is 21.2 Å². The minimum Gasteiger partial charge on any atom is -0.299 e. The second kappa shape index (κ2) is 18.9. The van der Waals surface area contributed by atoms with Crippen LogP contribution in [0.15, 0.2) is 155 Å². The molecule has 3 nitrogen and oxygen atoms in total. The third-order valence-corrected chi connectivity index (χ3v) is 12.8. The quantitative estimate of drug-likeness (QED) is 0.0560. The molecule has 0 radical (unpaired) electrons. The van der Waals surface area contributed by atoms with Gasteiger partial charge in [-0.3, -0.25) is 15.4 Å². The van der Waals surface area contributed by atoms with Crippen molar-refractivity contribution >= 4 is 54.2 Å². The van der Waals surface area contributed by atoms with E-state index in [2.05, 4.69) is 141 Å². The van der Waals surface area contributed by atoms with Crippen LogP contribution in [0.1, 0.15) is 33.6 Å². The number of rotatable bonds is 16. The van der Waals surface area contributed by atoms with Crippen molar-refractivity contribution in [3.05, 3.63) is 145 Å². The Bertz CT molecular complexity index is 1500. The number of allylic oxidation sites excluding steroid dienone is 4. The van der Waals surface area contributed by atoms with E-state index in [0.717, 1.165) is 55.3 Å². The molecule has 0 saturated carbocycles. The van der Waals surface area contributed by atoms with Gasteiger partial charge < -0.3 is 0 Å². The first-order valence-electron chi connectivity index (χ1n) is 15.7. The standard InChI is InChI=1S/C40H45N3P2/c1-33(34(2)42-29-17-31-44(36-20-8-4-9-21-36)37-22-10-5-11-23-37)19-16-28-40(41)35(3)43-30-18-32-45(38-24-12-6-13-25-38)39-26-14-7-15-27-39/h4-16,19-28,41H,17-18,29-32H2,1-3H3/b28-16-,33-19+,41-40?,42-34+,43-35+. The number of nitrogens with one attached hydrogen (secondary N) is 1. The molecule has 45 heavy (non-hydrogen) atoms. The van der Waals surface area contributed by atoms with Gasteiger partial charge in [0.25, 0.3) is 0 Å². The molecule has 0 spiro atoms. The van der Waals surface area contributed by atoms with Crippen molar-refractivity contribution in [3.8, 4) is 0 Å². The van der Waals surface area contributed by atoms with Crippen LogP contribution in [0.3, 0.4) is 0 Å². The van der Waals surface area contributed by atoms with Crippen molar-refractivity contribution < 1.29 is 0 Å². The Hall–Kier alpha value is -3.77. The summed E-state index contributed by atoms with van der Waals surface area (Å²) in [7, 11) is -0.786. The van der Waals surface area contributed by atoms with Gasteiger partial charge in [-0.1, -0.05) is 133 Å². The predicted molar refractivity (Wildman–Crippen MR) is 204 cm³/mol. The average molecular weight is 630 g/mol. The minimum atomic E-state index is -0.406. The number of hydrogen-bond acceptors (Lipinski definition) is 3. The second-order valence-electron chi connectivity index (χ2n) is 10.9. The fourth-order valence-electron chi connectivity index (χ4n) is 4.94. The van der Waals surface area contributed by atoms with E-state index >= 15 is 0 Å². The van der Waals surface area contributed by atoms with E-state index in [-0.39, 0.29) is 7.92 Å². The monoisotopic (exact) mass is 629 g/mol. The van der Waals surface area contributed by atoms with E-state index in [1.807, 2.05) is 19.1 Å². The first-order valence-corrected chi connectivity index (χ1v) is 18.8. The van der Waals surface area contributed by atoms with E-state index in [9.17, 15) is 0 Å². The molecule has 4 aromatic rings. The van der Waals surface area contributed by atoms with Crippen molar-refractivity contribution in [2.45, 2.75) is 33.6 Å². The predicted octanol–water partition coefficient (Wildman–Crippen LogP) is 8.48. The molecule has 0 aliphatic carbocycles. The van der Waals surface area contributed by atoms with Crippen LogP contribution >= 0.6 is 15.8 Å². The molecule has 0 aromatic heterocycles. The second-order valence-corrected chi connectivity index (χ2v) is 15.6. The van der Waals surface area contributed by atoms with Crippen molar-refractivity contribution in [1.82, 2.24) is 0 Å². The highest BCUT2D eigenvalue weighted by Gasteiger charge is 2.14. The highest BCUT2D eigenvalue weighted by atomic mass is 31.1. The third kappa shape index (κ3) is 11.3. The largest absolute Gasteiger partial charge is 0.299 e. The normalized spacial score (nSPS) is 12.8. The fraction of sp³-hybridized carbons (Fsp3) is 0.225. The van der Waals surface area contributed by atoms with Crippen molar-refractivity contribution in [1.29, 1.82) is 5.41 Å². The van der Waals surface area contributed by atoms with Crippen LogP contribution in [0.5, 0.6) is 0 Å². The van der Waals surface area contributed by atoms with Crippen LogP contribution in [0.25, 0.3) is 0 Å². The van der Waals surface area contributed by atoms with Crippen molar-refractivity contribution in [2.24, 2.45) is 9.98 Å². The van der Waals surface area contributed by atoms with Crippen molar-refractivity contribution in [2.75, 3.05) is 25.4 Å². The van der Waals surface area contributed by atoms with Gasteiger partial charge >= 0.3 is 0 Å². The smallest absolute Gasteiger partial charge is 0.0747 e. The average Bonchev–Trinajstić information content (AvgIpc) is 3.09. The molecule has 0 aliphatic heterocycles. The van der Waals surface area contributed by atoms with Gasteiger partial charge in [-0.2, -0.15) is 0 Å². The molecule has 4 aromatic carbocycles. The van der Waals surface area contributed by atoms with Crippen molar-refractivity contribution in [3.63, 3.8) is 0 Å². The van der Waals surface area contributed by atoms with Gasteiger partial charge in [0.2, 0.25) is 0 Å². The molecule has 0 bridgehead atoms. The molecule has 0 unspecified atom stereocenters. The molecule has 230 valence electrons. The summed E-state index contributed by atoms with van der Waals surface area (Å²) in [5.74, 6) is 0. The van der Waals surface area contributed by atoms with Gasteiger partial charge in [-0.05, 0) is 94.6 Å². The molecule has 0 fully saturated rings. The Labute approximate surface area is 273 Å². The maximum Gasteiger partial charge on any atom is 0.0747 e.